The highest BCUT2D eigenvalue weighted by molar-refractivity contribution is 5.68. The van der Waals surface area contributed by atoms with Gasteiger partial charge in [0.1, 0.15) is 5.60 Å². The highest BCUT2D eigenvalue weighted by atomic mass is 16.6. The van der Waals surface area contributed by atoms with E-state index < -0.39 is 5.60 Å². The molecule has 1 aliphatic carbocycles. The molecular formula is C16H30N2O3. The van der Waals surface area contributed by atoms with Crippen molar-refractivity contribution in [1.82, 2.24) is 10.2 Å². The molecule has 1 saturated heterocycles. The number of hydrogen-bond donors (Lipinski definition) is 1. The molecule has 2 fully saturated rings. The summed E-state index contributed by atoms with van der Waals surface area (Å²) in [7, 11) is 1.80. The van der Waals surface area contributed by atoms with E-state index in [-0.39, 0.29) is 6.09 Å². The summed E-state index contributed by atoms with van der Waals surface area (Å²) in [5.74, 6) is 0. The van der Waals surface area contributed by atoms with E-state index in [2.05, 4.69) is 5.32 Å². The van der Waals surface area contributed by atoms with E-state index in [4.69, 9.17) is 9.47 Å². The molecule has 0 bridgehead atoms. The van der Waals surface area contributed by atoms with Crippen LogP contribution in [-0.2, 0) is 9.47 Å². The van der Waals surface area contributed by atoms with Crippen molar-refractivity contribution < 1.29 is 14.3 Å². The molecule has 1 amide bonds. The third-order valence-corrected chi connectivity index (χ3v) is 4.27. The molecule has 5 nitrogen and oxygen atoms in total. The van der Waals surface area contributed by atoms with Crippen LogP contribution in [0.5, 0.6) is 0 Å². The summed E-state index contributed by atoms with van der Waals surface area (Å²) in [5, 5.41) is 3.70. The fourth-order valence-electron chi connectivity index (χ4n) is 3.23. The lowest BCUT2D eigenvalue weighted by atomic mass is 9.92. The van der Waals surface area contributed by atoms with Crippen LogP contribution < -0.4 is 5.32 Å². The average molecular weight is 298 g/mol. The van der Waals surface area contributed by atoms with Gasteiger partial charge in [0.05, 0.1) is 6.10 Å². The fraction of sp³-hybridized carbons (Fsp3) is 0.938. The van der Waals surface area contributed by atoms with E-state index in [0.717, 1.165) is 25.9 Å². The van der Waals surface area contributed by atoms with Gasteiger partial charge in [-0.15, -0.1) is 0 Å². The van der Waals surface area contributed by atoms with E-state index >= 15 is 0 Å². The fourth-order valence-corrected chi connectivity index (χ4v) is 3.23. The summed E-state index contributed by atoms with van der Waals surface area (Å²) in [6.07, 6.45) is 5.89. The number of carbonyl (C=O) groups excluding carboxylic acids is 1. The van der Waals surface area contributed by atoms with Gasteiger partial charge in [0.2, 0.25) is 0 Å². The van der Waals surface area contributed by atoms with Crippen molar-refractivity contribution in [1.29, 1.82) is 0 Å². The second kappa shape index (κ2) is 6.97. The lowest BCUT2D eigenvalue weighted by Crippen LogP contribution is -2.44. The second-order valence-electron chi connectivity index (χ2n) is 7.30. The Morgan fingerprint density at radius 2 is 1.95 bits per heavy atom. The van der Waals surface area contributed by atoms with Gasteiger partial charge in [-0.1, -0.05) is 0 Å². The SMILES string of the molecule is COC1CCCC(NC2CCN(C(=O)OC(C)(C)C)C2)C1. The second-order valence-corrected chi connectivity index (χ2v) is 7.30. The zero-order valence-electron chi connectivity index (χ0n) is 13.9. The van der Waals surface area contributed by atoms with Crippen LogP contribution in [0.15, 0.2) is 0 Å². The first-order valence-corrected chi connectivity index (χ1v) is 8.14. The zero-order valence-corrected chi connectivity index (χ0v) is 13.9. The first-order valence-electron chi connectivity index (χ1n) is 8.14. The third kappa shape index (κ3) is 5.15. The summed E-state index contributed by atoms with van der Waals surface area (Å²) in [4.78, 5) is 13.9. The van der Waals surface area contributed by atoms with Crippen LogP contribution in [0.3, 0.4) is 0 Å². The molecular weight excluding hydrogens is 268 g/mol. The Hall–Kier alpha value is -0.810. The van der Waals surface area contributed by atoms with Gasteiger partial charge >= 0.3 is 6.09 Å². The number of nitrogens with one attached hydrogen (secondary N) is 1. The van der Waals surface area contributed by atoms with Gasteiger partial charge in [0.15, 0.2) is 0 Å². The molecule has 0 radical (unpaired) electrons. The molecule has 1 saturated carbocycles. The maximum atomic E-state index is 12.1. The van der Waals surface area contributed by atoms with E-state index in [9.17, 15) is 4.79 Å². The van der Waals surface area contributed by atoms with Crippen LogP contribution in [0, 0.1) is 0 Å². The minimum absolute atomic E-state index is 0.190. The third-order valence-electron chi connectivity index (χ3n) is 4.27. The largest absolute Gasteiger partial charge is 0.444 e. The number of methoxy groups -OCH3 is 1. The number of rotatable bonds is 3. The van der Waals surface area contributed by atoms with Gasteiger partial charge in [-0.2, -0.15) is 0 Å². The molecule has 0 spiro atoms. The maximum absolute atomic E-state index is 12.1. The summed E-state index contributed by atoms with van der Waals surface area (Å²) in [6.45, 7) is 7.26. The first kappa shape index (κ1) is 16.6. The molecule has 1 N–H and O–H groups in total. The number of nitrogens with zero attached hydrogens (tertiary/aromatic N) is 1. The summed E-state index contributed by atoms with van der Waals surface area (Å²) in [5.41, 5.74) is -0.419. The minimum Gasteiger partial charge on any atom is -0.444 e. The van der Waals surface area contributed by atoms with Crippen LogP contribution >= 0.6 is 0 Å². The molecule has 0 aromatic rings. The van der Waals surface area contributed by atoms with Gasteiger partial charge in [-0.25, -0.2) is 4.79 Å². The summed E-state index contributed by atoms with van der Waals surface area (Å²) >= 11 is 0. The first-order chi connectivity index (χ1) is 9.87. The van der Waals surface area contributed by atoms with E-state index in [1.165, 1.54) is 19.3 Å². The highest BCUT2D eigenvalue weighted by Gasteiger charge is 2.32. The molecule has 2 rings (SSSR count). The van der Waals surface area contributed by atoms with Gasteiger partial charge in [-0.3, -0.25) is 0 Å². The predicted octanol–water partition coefficient (Wildman–Crippen LogP) is 2.54. The van der Waals surface area contributed by atoms with Crippen molar-refractivity contribution in [3.8, 4) is 0 Å². The monoisotopic (exact) mass is 298 g/mol. The molecule has 3 atom stereocenters. The molecule has 3 unspecified atom stereocenters. The Kier molecular flexibility index (Phi) is 5.49. The standard InChI is InChI=1S/C16H30N2O3/c1-16(2,3)21-15(19)18-9-8-13(11-18)17-12-6-5-7-14(10-12)20-4/h12-14,17H,5-11H2,1-4H3. The van der Waals surface area contributed by atoms with Crippen molar-refractivity contribution in [3.63, 3.8) is 0 Å². The quantitative estimate of drug-likeness (QED) is 0.870. The Bertz CT molecular complexity index is 354. The van der Waals surface area contributed by atoms with Crippen molar-refractivity contribution in [3.05, 3.63) is 0 Å². The lowest BCUT2D eigenvalue weighted by Gasteiger charge is -2.31. The minimum atomic E-state index is -0.419. The van der Waals surface area contributed by atoms with E-state index in [1.807, 2.05) is 25.7 Å². The topological polar surface area (TPSA) is 50.8 Å². The molecule has 21 heavy (non-hydrogen) atoms. The van der Waals surface area contributed by atoms with Crippen LogP contribution in [0.1, 0.15) is 52.9 Å². The van der Waals surface area contributed by atoms with Crippen molar-refractivity contribution in [2.75, 3.05) is 20.2 Å². The normalized spacial score (nSPS) is 30.5. The van der Waals surface area contributed by atoms with E-state index in [1.54, 1.807) is 7.11 Å². The van der Waals surface area contributed by atoms with Gasteiger partial charge in [-0.05, 0) is 52.9 Å². The Morgan fingerprint density at radius 3 is 2.62 bits per heavy atom. The van der Waals surface area contributed by atoms with Crippen LogP contribution in [0.25, 0.3) is 0 Å². The Labute approximate surface area is 128 Å². The van der Waals surface area contributed by atoms with Crippen LogP contribution in [0.2, 0.25) is 0 Å². The molecule has 122 valence electrons. The maximum Gasteiger partial charge on any atom is 0.410 e. The number of carbonyl (C=O) groups is 1. The Morgan fingerprint density at radius 1 is 1.19 bits per heavy atom. The van der Waals surface area contributed by atoms with Crippen molar-refractivity contribution in [2.45, 2.75) is 76.7 Å². The van der Waals surface area contributed by atoms with Gasteiger partial charge < -0.3 is 19.7 Å². The Balaban J connectivity index is 1.76. The summed E-state index contributed by atoms with van der Waals surface area (Å²) in [6, 6.07) is 0.908. The number of likely N-dealkylation sites (tertiary alicyclic amines) is 1. The highest BCUT2D eigenvalue weighted by Crippen LogP contribution is 2.23. The lowest BCUT2D eigenvalue weighted by molar-refractivity contribution is 0.0286. The van der Waals surface area contributed by atoms with Crippen LogP contribution in [-0.4, -0.2) is 55.0 Å². The average Bonchev–Trinajstić information content (AvgIpc) is 2.85. The van der Waals surface area contributed by atoms with Crippen molar-refractivity contribution in [2.24, 2.45) is 0 Å². The van der Waals surface area contributed by atoms with Gasteiger partial charge in [0.25, 0.3) is 0 Å². The number of hydrogen-bond acceptors (Lipinski definition) is 4. The molecule has 1 heterocycles. The predicted molar refractivity (Wildman–Crippen MR) is 82.4 cm³/mol. The van der Waals surface area contributed by atoms with E-state index in [0.29, 0.717) is 18.2 Å². The number of ether oxygens (including phenoxy) is 2. The van der Waals surface area contributed by atoms with Gasteiger partial charge in [0, 0.05) is 32.3 Å². The molecule has 0 aromatic carbocycles. The molecule has 5 heteroatoms. The summed E-state index contributed by atoms with van der Waals surface area (Å²) < 4.78 is 10.9. The zero-order chi connectivity index (χ0) is 15.5. The van der Waals surface area contributed by atoms with Crippen molar-refractivity contribution >= 4 is 6.09 Å². The van der Waals surface area contributed by atoms with Crippen LogP contribution in [0.4, 0.5) is 4.79 Å². The molecule has 0 aromatic heterocycles. The number of amides is 1. The smallest absolute Gasteiger partial charge is 0.410 e. The molecule has 1 aliphatic heterocycles. The molecule has 2 aliphatic rings.